The monoisotopic (exact) mass is 412 g/mol. The molecule has 2 heterocycles. The molecule has 1 aromatic carbocycles. The van der Waals surface area contributed by atoms with E-state index in [1.165, 1.54) is 18.4 Å². The van der Waals surface area contributed by atoms with Crippen LogP contribution >= 0.6 is 11.3 Å². The number of methoxy groups -OCH3 is 1. The highest BCUT2D eigenvalue weighted by atomic mass is 32.1. The first-order valence-electron chi connectivity index (χ1n) is 9.25. The SMILES string of the molecule is COC(=O)CC(=O)Nc1nc2c(s1)C[C@@H](NC(=O)c1cc3ccccc3[nH]1)CC2. The third kappa shape index (κ3) is 4.29. The molecule has 1 aliphatic carbocycles. The fourth-order valence-electron chi connectivity index (χ4n) is 3.38. The number of carbonyl (C=O) groups excluding carboxylic acids is 3. The molecule has 0 saturated heterocycles. The van der Waals surface area contributed by atoms with Gasteiger partial charge in [0.05, 0.1) is 12.8 Å². The first-order chi connectivity index (χ1) is 14.0. The number of nitrogens with zero attached hydrogens (tertiary/aromatic N) is 1. The Kier molecular flexibility index (Phi) is 5.30. The Morgan fingerprint density at radius 3 is 2.93 bits per heavy atom. The number of thiazole rings is 1. The summed E-state index contributed by atoms with van der Waals surface area (Å²) in [5.74, 6) is -1.18. The number of aryl methyl sites for hydroxylation is 1. The van der Waals surface area contributed by atoms with Crippen molar-refractivity contribution >= 4 is 45.2 Å². The van der Waals surface area contributed by atoms with E-state index in [9.17, 15) is 14.4 Å². The van der Waals surface area contributed by atoms with Crippen molar-refractivity contribution in [2.24, 2.45) is 0 Å². The van der Waals surface area contributed by atoms with E-state index in [2.05, 4.69) is 25.3 Å². The van der Waals surface area contributed by atoms with Crippen molar-refractivity contribution in [3.8, 4) is 0 Å². The highest BCUT2D eigenvalue weighted by Crippen LogP contribution is 2.30. The number of hydrogen-bond donors (Lipinski definition) is 3. The zero-order valence-electron chi connectivity index (χ0n) is 15.8. The third-order valence-electron chi connectivity index (χ3n) is 4.83. The molecule has 0 radical (unpaired) electrons. The van der Waals surface area contributed by atoms with Gasteiger partial charge >= 0.3 is 5.97 Å². The van der Waals surface area contributed by atoms with Gasteiger partial charge in [-0.1, -0.05) is 18.2 Å². The summed E-state index contributed by atoms with van der Waals surface area (Å²) < 4.78 is 4.49. The average molecular weight is 412 g/mol. The van der Waals surface area contributed by atoms with E-state index in [0.29, 0.717) is 17.2 Å². The molecule has 3 N–H and O–H groups in total. The molecule has 8 nitrogen and oxygen atoms in total. The maximum Gasteiger partial charge on any atom is 0.315 e. The summed E-state index contributed by atoms with van der Waals surface area (Å²) in [6.45, 7) is 0. The first kappa shape index (κ1) is 19.1. The van der Waals surface area contributed by atoms with E-state index in [-0.39, 0.29) is 18.4 Å². The molecule has 4 rings (SSSR count). The van der Waals surface area contributed by atoms with Gasteiger partial charge in [0.2, 0.25) is 5.91 Å². The molecule has 1 atom stereocenters. The van der Waals surface area contributed by atoms with Crippen LogP contribution in [0.4, 0.5) is 5.13 Å². The summed E-state index contributed by atoms with van der Waals surface area (Å²) in [6, 6.07) is 9.61. The average Bonchev–Trinajstić information content (AvgIpc) is 3.30. The Morgan fingerprint density at radius 2 is 2.14 bits per heavy atom. The molecule has 0 saturated carbocycles. The lowest BCUT2D eigenvalue weighted by atomic mass is 9.97. The number of hydrogen-bond acceptors (Lipinski definition) is 6. The number of aromatic nitrogens is 2. The lowest BCUT2D eigenvalue weighted by molar-refractivity contribution is -0.142. The van der Waals surface area contributed by atoms with Crippen LogP contribution in [0.3, 0.4) is 0 Å². The number of fused-ring (bicyclic) bond motifs is 2. The molecular formula is C20H20N4O4S. The molecule has 2 aromatic heterocycles. The molecule has 0 aliphatic heterocycles. The number of para-hydroxylation sites is 1. The molecule has 2 amide bonds. The molecule has 150 valence electrons. The Balaban J connectivity index is 1.38. The number of amides is 2. The number of carbonyl (C=O) groups is 3. The predicted molar refractivity (Wildman–Crippen MR) is 109 cm³/mol. The number of anilines is 1. The number of esters is 1. The number of ether oxygens (including phenoxy) is 1. The summed E-state index contributed by atoms with van der Waals surface area (Å²) in [7, 11) is 1.24. The van der Waals surface area contributed by atoms with Crippen LogP contribution in [-0.4, -0.2) is 40.9 Å². The van der Waals surface area contributed by atoms with Gasteiger partial charge < -0.3 is 20.4 Å². The van der Waals surface area contributed by atoms with E-state index in [4.69, 9.17) is 0 Å². The van der Waals surface area contributed by atoms with Crippen molar-refractivity contribution in [2.75, 3.05) is 12.4 Å². The second-order valence-electron chi connectivity index (χ2n) is 6.87. The van der Waals surface area contributed by atoms with Gasteiger partial charge in [-0.3, -0.25) is 14.4 Å². The van der Waals surface area contributed by atoms with Crippen molar-refractivity contribution in [2.45, 2.75) is 31.7 Å². The quantitative estimate of drug-likeness (QED) is 0.440. The number of H-pyrrole nitrogens is 1. The topological polar surface area (TPSA) is 113 Å². The van der Waals surface area contributed by atoms with E-state index in [0.717, 1.165) is 34.3 Å². The van der Waals surface area contributed by atoms with Gasteiger partial charge in [0.1, 0.15) is 12.1 Å². The minimum Gasteiger partial charge on any atom is -0.469 e. The van der Waals surface area contributed by atoms with Crippen LogP contribution in [0, 0.1) is 0 Å². The fourth-order valence-corrected chi connectivity index (χ4v) is 4.48. The van der Waals surface area contributed by atoms with E-state index in [1.807, 2.05) is 30.3 Å². The van der Waals surface area contributed by atoms with E-state index >= 15 is 0 Å². The predicted octanol–water partition coefficient (Wildman–Crippen LogP) is 2.41. The van der Waals surface area contributed by atoms with Gasteiger partial charge in [-0.15, -0.1) is 11.3 Å². The Labute approximate surface area is 170 Å². The maximum absolute atomic E-state index is 12.6. The molecule has 9 heteroatoms. The molecular weight excluding hydrogens is 392 g/mol. The first-order valence-corrected chi connectivity index (χ1v) is 10.1. The van der Waals surface area contributed by atoms with Crippen LogP contribution < -0.4 is 10.6 Å². The minimum absolute atomic E-state index is 0.000447. The lowest BCUT2D eigenvalue weighted by Crippen LogP contribution is -2.38. The van der Waals surface area contributed by atoms with E-state index in [1.54, 1.807) is 0 Å². The van der Waals surface area contributed by atoms with Crippen molar-refractivity contribution < 1.29 is 19.1 Å². The summed E-state index contributed by atoms with van der Waals surface area (Å²) in [6.07, 6.45) is 1.81. The Hall–Kier alpha value is -3.20. The molecule has 0 fully saturated rings. The largest absolute Gasteiger partial charge is 0.469 e. The van der Waals surface area contributed by atoms with Crippen LogP contribution in [-0.2, 0) is 27.2 Å². The van der Waals surface area contributed by atoms with Crippen molar-refractivity contribution in [3.05, 3.63) is 46.6 Å². The molecule has 0 bridgehead atoms. The highest BCUT2D eigenvalue weighted by Gasteiger charge is 2.25. The molecule has 1 aliphatic rings. The zero-order chi connectivity index (χ0) is 20.4. The zero-order valence-corrected chi connectivity index (χ0v) is 16.6. The highest BCUT2D eigenvalue weighted by molar-refractivity contribution is 7.15. The Bertz CT molecular complexity index is 1050. The lowest BCUT2D eigenvalue weighted by Gasteiger charge is -2.22. The van der Waals surface area contributed by atoms with Gasteiger partial charge in [-0.2, -0.15) is 0 Å². The maximum atomic E-state index is 12.6. The van der Waals surface area contributed by atoms with Crippen LogP contribution in [0.2, 0.25) is 0 Å². The number of rotatable bonds is 5. The molecule has 0 spiro atoms. The number of nitrogens with one attached hydrogen (secondary N) is 3. The van der Waals surface area contributed by atoms with Gasteiger partial charge in [0.25, 0.3) is 5.91 Å². The van der Waals surface area contributed by atoms with Gasteiger partial charge in [-0.25, -0.2) is 4.98 Å². The van der Waals surface area contributed by atoms with Gasteiger partial charge in [0.15, 0.2) is 5.13 Å². The Morgan fingerprint density at radius 1 is 1.31 bits per heavy atom. The number of aromatic amines is 1. The van der Waals surface area contributed by atoms with Crippen LogP contribution in [0.1, 0.15) is 33.9 Å². The van der Waals surface area contributed by atoms with Crippen molar-refractivity contribution in [1.29, 1.82) is 0 Å². The van der Waals surface area contributed by atoms with Crippen LogP contribution in [0.25, 0.3) is 10.9 Å². The van der Waals surface area contributed by atoms with Crippen molar-refractivity contribution in [3.63, 3.8) is 0 Å². The molecule has 29 heavy (non-hydrogen) atoms. The summed E-state index contributed by atoms with van der Waals surface area (Å²) in [4.78, 5) is 44.3. The van der Waals surface area contributed by atoms with Crippen LogP contribution in [0.5, 0.6) is 0 Å². The fraction of sp³-hybridized carbons (Fsp3) is 0.300. The second-order valence-corrected chi connectivity index (χ2v) is 7.96. The summed E-state index contributed by atoms with van der Waals surface area (Å²) in [5, 5.41) is 7.18. The molecule has 3 aromatic rings. The third-order valence-corrected chi connectivity index (χ3v) is 5.86. The standard InChI is InChI=1S/C20H20N4O4S/c1-28-18(26)10-17(25)24-20-23-14-7-6-12(9-16(14)29-20)21-19(27)15-8-11-4-2-3-5-13(11)22-15/h2-5,8,12,22H,6-7,9-10H2,1H3,(H,21,27)(H,23,24,25)/t12-/m0/s1. The summed E-state index contributed by atoms with van der Waals surface area (Å²) in [5.41, 5.74) is 2.40. The van der Waals surface area contributed by atoms with Gasteiger partial charge in [-0.05, 0) is 25.0 Å². The smallest absolute Gasteiger partial charge is 0.315 e. The number of benzene rings is 1. The van der Waals surface area contributed by atoms with Crippen LogP contribution in [0.15, 0.2) is 30.3 Å². The normalized spacial score (nSPS) is 15.6. The summed E-state index contributed by atoms with van der Waals surface area (Å²) >= 11 is 1.37. The molecule has 0 unspecified atom stereocenters. The van der Waals surface area contributed by atoms with Crippen molar-refractivity contribution in [1.82, 2.24) is 15.3 Å². The van der Waals surface area contributed by atoms with E-state index < -0.39 is 11.9 Å². The van der Waals surface area contributed by atoms with Gasteiger partial charge in [0, 0.05) is 28.2 Å². The minimum atomic E-state index is -0.594. The second kappa shape index (κ2) is 8.04.